The summed E-state index contributed by atoms with van der Waals surface area (Å²) in [5, 5.41) is 5.39. The molecule has 0 amide bonds. The number of halogens is 2. The van der Waals surface area contributed by atoms with E-state index in [2.05, 4.69) is 92.8 Å². The fourth-order valence-electron chi connectivity index (χ4n) is 2.42. The van der Waals surface area contributed by atoms with Crippen LogP contribution in [0.1, 0.15) is 13.3 Å². The van der Waals surface area contributed by atoms with Crippen molar-refractivity contribution < 1.29 is 23.0 Å². The van der Waals surface area contributed by atoms with E-state index in [4.69, 9.17) is 0 Å². The molecular formula is C21H24Cl2HfSi. The van der Waals surface area contributed by atoms with E-state index in [1.807, 2.05) is 0 Å². The standard InChI is InChI=1S/C13H9.C6H7.C2H6Si.2ClH.Hf/c1-3-7-12-10(5-1)9-11-6-2-4-8-13(11)12;1-6-4-2-3-5-6;1-3-2;;;/h1-9H;2,4H,3H2,1H3;1-2H3;2*1H;/q2*-1;;;;+2. The predicted octanol–water partition coefficient (Wildman–Crippen LogP) is 7.04. The van der Waals surface area contributed by atoms with Gasteiger partial charge in [0.15, 0.2) is 0 Å². The quantitative estimate of drug-likeness (QED) is 0.207. The van der Waals surface area contributed by atoms with Crippen LogP contribution < -0.4 is 0 Å². The Kier molecular flexibility index (Phi) is 12.5. The van der Waals surface area contributed by atoms with E-state index in [0.29, 0.717) is 0 Å². The molecule has 1 aliphatic rings. The molecule has 0 radical (unpaired) electrons. The van der Waals surface area contributed by atoms with Crippen molar-refractivity contribution in [1.29, 1.82) is 0 Å². The van der Waals surface area contributed by atoms with Crippen LogP contribution in [0.3, 0.4) is 0 Å². The first-order valence-electron chi connectivity index (χ1n) is 7.87. The average Bonchev–Trinajstić information content (AvgIpc) is 3.13. The number of benzene rings is 2. The third kappa shape index (κ3) is 8.13. The number of hydrogen-bond acceptors (Lipinski definition) is 0. The summed E-state index contributed by atoms with van der Waals surface area (Å²) in [5.41, 5.74) is 1.53. The molecule has 0 spiro atoms. The normalized spacial score (nSPS) is 11.3. The molecule has 0 atom stereocenters. The van der Waals surface area contributed by atoms with Gasteiger partial charge in [0.25, 0.3) is 0 Å². The number of rotatable bonds is 0. The van der Waals surface area contributed by atoms with Crippen LogP contribution in [0.5, 0.6) is 0 Å². The fraction of sp³-hybridized carbons (Fsp3) is 0.190. The van der Waals surface area contributed by atoms with Crippen molar-refractivity contribution in [2.24, 2.45) is 0 Å². The number of hydrogen-bond donors (Lipinski definition) is 0. The second-order valence-electron chi connectivity index (χ2n) is 5.79. The minimum Gasteiger partial charge on any atom is -0.147 e. The Hall–Kier alpha value is -0.543. The van der Waals surface area contributed by atoms with E-state index in [0.717, 1.165) is 6.42 Å². The van der Waals surface area contributed by atoms with Crippen molar-refractivity contribution in [3.05, 3.63) is 78.4 Å². The molecule has 3 aromatic rings. The Morgan fingerprint density at radius 1 is 0.920 bits per heavy atom. The van der Waals surface area contributed by atoms with E-state index in [1.165, 1.54) is 50.1 Å². The fourth-order valence-corrected chi connectivity index (χ4v) is 2.42. The van der Waals surface area contributed by atoms with E-state index in [1.54, 1.807) is 0 Å². The molecule has 0 aromatic heterocycles. The Morgan fingerprint density at radius 3 is 1.68 bits per heavy atom. The SMILES string of the molecule is CC1=[C-]CC=C1.C[Si](C)=[Hf+2].Cl.Cl.c1ccc2c(c1)[cH-]c1ccccc12. The van der Waals surface area contributed by atoms with Gasteiger partial charge in [0.1, 0.15) is 0 Å². The third-order valence-electron chi connectivity index (χ3n) is 3.39. The summed E-state index contributed by atoms with van der Waals surface area (Å²) in [6.07, 6.45) is 8.33. The van der Waals surface area contributed by atoms with Crippen molar-refractivity contribution in [3.63, 3.8) is 0 Å². The van der Waals surface area contributed by atoms with Gasteiger partial charge in [-0.15, -0.1) is 71.0 Å². The first kappa shape index (κ1) is 24.5. The molecule has 0 unspecified atom stereocenters. The average molecular weight is 554 g/mol. The van der Waals surface area contributed by atoms with Crippen molar-refractivity contribution >= 4 is 51.9 Å². The van der Waals surface area contributed by atoms with Gasteiger partial charge in [0.05, 0.1) is 0 Å². The van der Waals surface area contributed by atoms with Crippen molar-refractivity contribution in [2.75, 3.05) is 0 Å². The zero-order valence-corrected chi connectivity index (χ0v) is 21.1. The molecule has 25 heavy (non-hydrogen) atoms. The van der Waals surface area contributed by atoms with Gasteiger partial charge >= 0.3 is 41.6 Å². The van der Waals surface area contributed by atoms with Gasteiger partial charge in [-0.2, -0.15) is 6.08 Å². The zero-order valence-electron chi connectivity index (χ0n) is 14.9. The maximum atomic E-state index is 3.12. The molecule has 3 aromatic carbocycles. The van der Waals surface area contributed by atoms with E-state index in [-0.39, 0.29) is 30.3 Å². The second kappa shape index (κ2) is 12.8. The summed E-state index contributed by atoms with van der Waals surface area (Å²) in [7, 11) is 0. The summed E-state index contributed by atoms with van der Waals surface area (Å²) in [4.78, 5) is 0. The molecule has 130 valence electrons. The molecule has 0 nitrogen and oxygen atoms in total. The van der Waals surface area contributed by atoms with Gasteiger partial charge in [0.2, 0.25) is 0 Å². The molecule has 1 aliphatic carbocycles. The molecular weight excluding hydrogens is 530 g/mol. The van der Waals surface area contributed by atoms with E-state index < -0.39 is 0 Å². The molecule has 0 aliphatic heterocycles. The van der Waals surface area contributed by atoms with Gasteiger partial charge < -0.3 is 0 Å². The summed E-state index contributed by atoms with van der Waals surface area (Å²) in [5.74, 6) is 0. The van der Waals surface area contributed by atoms with Crippen molar-refractivity contribution in [3.8, 4) is 0 Å². The largest absolute Gasteiger partial charge is 0.147 e. The van der Waals surface area contributed by atoms with Gasteiger partial charge in [-0.25, -0.2) is 11.6 Å². The Balaban J connectivity index is 0.000000410. The first-order chi connectivity index (χ1) is 11.1. The second-order valence-corrected chi connectivity index (χ2v) is 18.6. The van der Waals surface area contributed by atoms with Crippen LogP contribution in [0.25, 0.3) is 21.5 Å². The van der Waals surface area contributed by atoms with Crippen LogP contribution in [-0.4, -0.2) is 5.49 Å². The maximum Gasteiger partial charge on any atom is -0.0771 e. The molecule has 0 saturated carbocycles. The molecule has 0 bridgehead atoms. The summed E-state index contributed by atoms with van der Waals surface area (Å²) in [6, 6.07) is 19.3. The van der Waals surface area contributed by atoms with E-state index >= 15 is 0 Å². The molecule has 0 N–H and O–H groups in total. The monoisotopic (exact) mass is 554 g/mol. The summed E-state index contributed by atoms with van der Waals surface area (Å²) < 4.78 is 0. The van der Waals surface area contributed by atoms with Crippen molar-refractivity contribution in [2.45, 2.75) is 26.4 Å². The predicted molar refractivity (Wildman–Crippen MR) is 115 cm³/mol. The molecule has 4 heteroatoms. The third-order valence-corrected chi connectivity index (χ3v) is 3.39. The smallest absolute Gasteiger partial charge is 0.0771 e. The summed E-state index contributed by atoms with van der Waals surface area (Å²) in [6.45, 7) is 6.72. The first-order valence-corrected chi connectivity index (χ1v) is 15.8. The number of allylic oxidation sites excluding steroid dienone is 4. The Labute approximate surface area is 178 Å². The van der Waals surface area contributed by atoms with Crippen LogP contribution in [-0.2, 0) is 23.0 Å². The van der Waals surface area contributed by atoms with Gasteiger partial charge in [-0.1, -0.05) is 43.3 Å². The molecule has 0 saturated heterocycles. The van der Waals surface area contributed by atoms with Crippen LogP contribution >= 0.6 is 24.8 Å². The van der Waals surface area contributed by atoms with Crippen LogP contribution in [0.15, 0.2) is 72.3 Å². The minimum absolute atomic E-state index is 0. The summed E-state index contributed by atoms with van der Waals surface area (Å²) >= 11 is 1.45. The number of fused-ring (bicyclic) bond motifs is 3. The van der Waals surface area contributed by atoms with Gasteiger partial charge in [-0.3, -0.25) is 6.08 Å². The Bertz CT molecular complexity index is 805. The van der Waals surface area contributed by atoms with Crippen molar-refractivity contribution in [1.82, 2.24) is 0 Å². The zero-order chi connectivity index (χ0) is 16.7. The minimum atomic E-state index is 0. The topological polar surface area (TPSA) is 0 Å². The Morgan fingerprint density at radius 2 is 1.36 bits per heavy atom. The molecule has 0 fully saturated rings. The molecule has 0 heterocycles. The van der Waals surface area contributed by atoms with E-state index in [9.17, 15) is 0 Å². The van der Waals surface area contributed by atoms with Crippen LogP contribution in [0.2, 0.25) is 13.1 Å². The van der Waals surface area contributed by atoms with Gasteiger partial charge in [-0.05, 0) is 0 Å². The van der Waals surface area contributed by atoms with Crippen LogP contribution in [0.4, 0.5) is 0 Å². The van der Waals surface area contributed by atoms with Gasteiger partial charge in [0, 0.05) is 0 Å². The van der Waals surface area contributed by atoms with Crippen LogP contribution in [0, 0.1) is 6.08 Å². The molecule has 4 rings (SSSR count). The maximum absolute atomic E-state index is 3.12.